The zero-order chi connectivity index (χ0) is 19.2. The first-order valence-electron chi connectivity index (χ1n) is 9.39. The Bertz CT molecular complexity index is 472. The van der Waals surface area contributed by atoms with Crippen LogP contribution in [0.25, 0.3) is 0 Å². The first-order chi connectivity index (χ1) is 12.0. The van der Waals surface area contributed by atoms with E-state index in [4.69, 9.17) is 0 Å². The quantitative estimate of drug-likeness (QED) is 0.878. The van der Waals surface area contributed by atoms with E-state index < -0.39 is 0 Å². The third kappa shape index (κ3) is 9.27. The lowest BCUT2D eigenvalue weighted by atomic mass is 10.1. The lowest BCUT2D eigenvalue weighted by molar-refractivity contribution is -0.139. The first kappa shape index (κ1) is 23.1. The van der Waals surface area contributed by atoms with Crippen molar-refractivity contribution in [1.82, 2.24) is 15.4 Å². The van der Waals surface area contributed by atoms with Crippen LogP contribution in [-0.2, 0) is 9.59 Å². The van der Waals surface area contributed by atoms with Crippen LogP contribution in [0.4, 0.5) is 0 Å². The highest BCUT2D eigenvalue weighted by molar-refractivity contribution is 5.88. The Kier molecular flexibility index (Phi) is 12.4. The second kappa shape index (κ2) is 13.4. The van der Waals surface area contributed by atoms with Crippen LogP contribution in [0.3, 0.4) is 0 Å². The summed E-state index contributed by atoms with van der Waals surface area (Å²) in [5, 5.41) is 6.42. The van der Waals surface area contributed by atoms with Gasteiger partial charge in [0, 0.05) is 25.6 Å². The molecule has 2 rings (SSSR count). The van der Waals surface area contributed by atoms with Crippen LogP contribution in [0.15, 0.2) is 16.9 Å². The topological polar surface area (TPSA) is 75.4 Å². The molecule has 0 aromatic carbocycles. The van der Waals surface area contributed by atoms with Crippen LogP contribution in [0.5, 0.6) is 0 Å². The zero-order valence-corrected chi connectivity index (χ0v) is 16.7. The predicted octanol–water partition coefficient (Wildman–Crippen LogP) is 3.56. The van der Waals surface area contributed by atoms with Gasteiger partial charge in [-0.3, -0.25) is 9.59 Å². The third-order valence-corrected chi connectivity index (χ3v) is 3.57. The Morgan fingerprint density at radius 1 is 1.40 bits per heavy atom. The fourth-order valence-electron chi connectivity index (χ4n) is 2.44. The van der Waals surface area contributed by atoms with Crippen LogP contribution in [0, 0.1) is 12.8 Å². The van der Waals surface area contributed by atoms with Crippen LogP contribution >= 0.6 is 0 Å². The SMILES string of the molecule is CC.CCCNC(=O)C1CCCN1C(=O)CC(C)C.Cc1ccon1. The van der Waals surface area contributed by atoms with Crippen molar-refractivity contribution in [2.24, 2.45) is 5.92 Å². The summed E-state index contributed by atoms with van der Waals surface area (Å²) in [6.45, 7) is 13.4. The Hall–Kier alpha value is -1.85. The zero-order valence-electron chi connectivity index (χ0n) is 16.7. The molecular weight excluding hydrogens is 318 g/mol. The van der Waals surface area contributed by atoms with Crippen LogP contribution in [-0.4, -0.2) is 41.0 Å². The lowest BCUT2D eigenvalue weighted by Crippen LogP contribution is -2.46. The average molecular weight is 354 g/mol. The van der Waals surface area contributed by atoms with E-state index in [-0.39, 0.29) is 17.9 Å². The molecule has 1 fully saturated rings. The Morgan fingerprint density at radius 3 is 2.52 bits per heavy atom. The summed E-state index contributed by atoms with van der Waals surface area (Å²) < 4.78 is 4.46. The highest BCUT2D eigenvalue weighted by atomic mass is 16.5. The molecule has 1 N–H and O–H groups in total. The molecule has 0 bridgehead atoms. The third-order valence-electron chi connectivity index (χ3n) is 3.57. The van der Waals surface area contributed by atoms with Gasteiger partial charge in [-0.05, 0) is 32.1 Å². The van der Waals surface area contributed by atoms with Crippen molar-refractivity contribution in [3.63, 3.8) is 0 Å². The molecule has 1 aliphatic heterocycles. The van der Waals surface area contributed by atoms with Gasteiger partial charge in [0.25, 0.3) is 0 Å². The Balaban J connectivity index is 0.000000596. The number of hydrogen-bond donors (Lipinski definition) is 1. The maximum atomic E-state index is 12.0. The van der Waals surface area contributed by atoms with Crippen molar-refractivity contribution >= 4 is 11.8 Å². The van der Waals surface area contributed by atoms with E-state index in [1.165, 1.54) is 0 Å². The van der Waals surface area contributed by atoms with Crippen molar-refractivity contribution in [3.8, 4) is 0 Å². The average Bonchev–Trinajstić information content (AvgIpc) is 3.25. The Morgan fingerprint density at radius 2 is 2.08 bits per heavy atom. The molecule has 1 saturated heterocycles. The predicted molar refractivity (Wildman–Crippen MR) is 100 cm³/mol. The van der Waals surface area contributed by atoms with Gasteiger partial charge < -0.3 is 14.7 Å². The second-order valence-corrected chi connectivity index (χ2v) is 6.27. The lowest BCUT2D eigenvalue weighted by Gasteiger charge is -2.24. The molecule has 6 heteroatoms. The van der Waals surface area contributed by atoms with Gasteiger partial charge in [-0.25, -0.2) is 0 Å². The number of aromatic nitrogens is 1. The highest BCUT2D eigenvalue weighted by Gasteiger charge is 2.33. The summed E-state index contributed by atoms with van der Waals surface area (Å²) in [4.78, 5) is 25.6. The van der Waals surface area contributed by atoms with Gasteiger partial charge >= 0.3 is 0 Å². The van der Waals surface area contributed by atoms with Gasteiger partial charge in [0.2, 0.25) is 11.8 Å². The molecular formula is C19H35N3O3. The van der Waals surface area contributed by atoms with Crippen LogP contribution in [0.2, 0.25) is 0 Å². The monoisotopic (exact) mass is 353 g/mol. The maximum absolute atomic E-state index is 12.0. The number of hydrogen-bond acceptors (Lipinski definition) is 4. The summed E-state index contributed by atoms with van der Waals surface area (Å²) in [5.41, 5.74) is 0.926. The van der Waals surface area contributed by atoms with Gasteiger partial charge in [-0.1, -0.05) is 39.8 Å². The minimum Gasteiger partial charge on any atom is -0.365 e. The molecule has 1 unspecified atom stereocenters. The van der Waals surface area contributed by atoms with Crippen LogP contribution in [0.1, 0.15) is 66.0 Å². The molecule has 1 aromatic heterocycles. The Labute approximate surface area is 152 Å². The largest absolute Gasteiger partial charge is 0.365 e. The molecule has 0 aliphatic carbocycles. The molecule has 25 heavy (non-hydrogen) atoms. The summed E-state index contributed by atoms with van der Waals surface area (Å²) in [6, 6.07) is 1.58. The van der Waals surface area contributed by atoms with Crippen molar-refractivity contribution in [1.29, 1.82) is 0 Å². The maximum Gasteiger partial charge on any atom is 0.242 e. The molecule has 6 nitrogen and oxygen atoms in total. The minimum atomic E-state index is -0.229. The van der Waals surface area contributed by atoms with E-state index >= 15 is 0 Å². The van der Waals surface area contributed by atoms with Crippen molar-refractivity contribution < 1.29 is 14.1 Å². The van der Waals surface area contributed by atoms with Gasteiger partial charge in [0.1, 0.15) is 12.3 Å². The number of likely N-dealkylation sites (tertiary alicyclic amines) is 1. The smallest absolute Gasteiger partial charge is 0.242 e. The van der Waals surface area contributed by atoms with E-state index in [9.17, 15) is 9.59 Å². The highest BCUT2D eigenvalue weighted by Crippen LogP contribution is 2.19. The van der Waals surface area contributed by atoms with Gasteiger partial charge in [-0.15, -0.1) is 0 Å². The number of amides is 2. The van der Waals surface area contributed by atoms with Gasteiger partial charge in [0.15, 0.2) is 0 Å². The van der Waals surface area contributed by atoms with E-state index in [1.54, 1.807) is 17.2 Å². The van der Waals surface area contributed by atoms with Gasteiger partial charge in [0.05, 0.1) is 5.69 Å². The summed E-state index contributed by atoms with van der Waals surface area (Å²) >= 11 is 0. The normalized spacial score (nSPS) is 15.8. The number of carbonyl (C=O) groups excluding carboxylic acids is 2. The summed E-state index contributed by atoms with van der Waals surface area (Å²) in [5.74, 6) is 0.484. The number of carbonyl (C=O) groups is 2. The van der Waals surface area contributed by atoms with E-state index in [1.807, 2.05) is 41.5 Å². The molecule has 0 saturated carbocycles. The summed E-state index contributed by atoms with van der Waals surface area (Å²) in [7, 11) is 0. The molecule has 144 valence electrons. The first-order valence-corrected chi connectivity index (χ1v) is 9.39. The molecule has 2 heterocycles. The number of rotatable bonds is 5. The fourth-order valence-corrected chi connectivity index (χ4v) is 2.44. The number of nitrogens with zero attached hydrogens (tertiary/aromatic N) is 2. The van der Waals surface area contributed by atoms with Crippen molar-refractivity contribution in [2.75, 3.05) is 13.1 Å². The second-order valence-electron chi connectivity index (χ2n) is 6.27. The molecule has 2 amide bonds. The minimum absolute atomic E-state index is 0.0152. The molecule has 1 aliphatic rings. The molecule has 0 spiro atoms. The van der Waals surface area contributed by atoms with Crippen molar-refractivity contribution in [2.45, 2.75) is 73.3 Å². The van der Waals surface area contributed by atoms with Crippen LogP contribution < -0.4 is 5.32 Å². The van der Waals surface area contributed by atoms with E-state index in [0.717, 1.165) is 31.5 Å². The van der Waals surface area contributed by atoms with E-state index in [0.29, 0.717) is 18.9 Å². The molecule has 1 atom stereocenters. The summed E-state index contributed by atoms with van der Waals surface area (Å²) in [6.07, 6.45) is 4.76. The molecule has 0 radical (unpaired) electrons. The van der Waals surface area contributed by atoms with Crippen molar-refractivity contribution in [3.05, 3.63) is 18.0 Å². The molecule has 1 aromatic rings. The fraction of sp³-hybridized carbons (Fsp3) is 0.737. The number of aryl methyl sites for hydroxylation is 1. The van der Waals surface area contributed by atoms with E-state index in [2.05, 4.69) is 15.0 Å². The standard InChI is InChI=1S/C13H24N2O2.C4H5NO.C2H6/c1-4-7-14-13(17)11-6-5-8-15(11)12(16)9-10(2)3;1-4-2-3-6-5-4;1-2/h10-11H,4-9H2,1-3H3,(H,14,17);2-3H,1H3;1-2H3. The number of nitrogens with one attached hydrogen (secondary N) is 1. The van der Waals surface area contributed by atoms with Gasteiger partial charge in [-0.2, -0.15) is 0 Å².